The predicted octanol–water partition coefficient (Wildman–Crippen LogP) is 5.38. The number of benzene rings is 1. The molecule has 0 bridgehead atoms. The molecular weight excluding hydrogens is 346 g/mol. The third-order valence-electron chi connectivity index (χ3n) is 3.91. The van der Waals surface area contributed by atoms with Crippen molar-refractivity contribution in [3.63, 3.8) is 0 Å². The van der Waals surface area contributed by atoms with Gasteiger partial charge in [-0.2, -0.15) is 4.40 Å². The minimum absolute atomic E-state index is 0.312. The van der Waals surface area contributed by atoms with E-state index in [0.717, 1.165) is 10.0 Å². The first-order valence-corrected chi connectivity index (χ1v) is 9.53. The Kier molecular flexibility index (Phi) is 5.78. The number of halogens is 1. The summed E-state index contributed by atoms with van der Waals surface area (Å²) in [5.74, 6) is 0.622. The molecule has 0 aromatic heterocycles. The second kappa shape index (κ2) is 7.19. The Bertz CT molecular complexity index is 542. The molecule has 2 nitrogen and oxygen atoms in total. The van der Waals surface area contributed by atoms with E-state index < -0.39 is 11.0 Å². The highest BCUT2D eigenvalue weighted by atomic mass is 79.9. The Balaban J connectivity index is 2.27. The summed E-state index contributed by atoms with van der Waals surface area (Å²) in [6.07, 6.45) is 8.28. The van der Waals surface area contributed by atoms with Gasteiger partial charge in [0.1, 0.15) is 11.0 Å². The molecule has 21 heavy (non-hydrogen) atoms. The number of hydrogen-bond acceptors (Lipinski definition) is 1. The van der Waals surface area contributed by atoms with Crippen LogP contribution in [0.25, 0.3) is 0 Å². The molecule has 1 aromatic rings. The Morgan fingerprint density at radius 2 is 1.90 bits per heavy atom. The molecule has 2 rings (SSSR count). The minimum Gasteiger partial charge on any atom is -0.234 e. The lowest BCUT2D eigenvalue weighted by Crippen LogP contribution is -2.19. The van der Waals surface area contributed by atoms with Crippen molar-refractivity contribution >= 4 is 33.1 Å². The third-order valence-corrected chi connectivity index (χ3v) is 5.74. The van der Waals surface area contributed by atoms with Crippen molar-refractivity contribution in [1.82, 2.24) is 0 Å². The van der Waals surface area contributed by atoms with Crippen molar-refractivity contribution in [1.29, 1.82) is 0 Å². The molecule has 1 fully saturated rings. The molecular formula is C17H24BrNOS. The van der Waals surface area contributed by atoms with Crippen molar-refractivity contribution < 1.29 is 4.21 Å². The van der Waals surface area contributed by atoms with Gasteiger partial charge < -0.3 is 0 Å². The van der Waals surface area contributed by atoms with Gasteiger partial charge in [0.05, 0.1) is 4.75 Å². The van der Waals surface area contributed by atoms with E-state index in [1.165, 1.54) is 37.7 Å². The second-order valence-corrected chi connectivity index (χ2v) is 9.55. The van der Waals surface area contributed by atoms with Gasteiger partial charge in [-0.15, -0.1) is 0 Å². The first-order valence-electron chi connectivity index (χ1n) is 7.63. The van der Waals surface area contributed by atoms with E-state index in [1.54, 1.807) is 6.21 Å². The number of nitrogens with zero attached hydrogens (tertiary/aromatic N) is 1. The fraction of sp³-hybridized carbons (Fsp3) is 0.588. The Hall–Kier alpha value is -0.480. The Morgan fingerprint density at radius 3 is 2.52 bits per heavy atom. The summed E-state index contributed by atoms with van der Waals surface area (Å²) in [6, 6.07) is 6.39. The summed E-state index contributed by atoms with van der Waals surface area (Å²) in [7, 11) is -1.20. The number of hydrogen-bond donors (Lipinski definition) is 0. The predicted molar refractivity (Wildman–Crippen MR) is 95.5 cm³/mol. The molecule has 1 aliphatic rings. The molecule has 0 N–H and O–H groups in total. The summed E-state index contributed by atoms with van der Waals surface area (Å²) in [5.41, 5.74) is 2.46. The molecule has 1 aromatic carbocycles. The summed E-state index contributed by atoms with van der Waals surface area (Å²) in [4.78, 5) is 0. The molecule has 1 saturated carbocycles. The van der Waals surface area contributed by atoms with Gasteiger partial charge in [-0.3, -0.25) is 0 Å². The van der Waals surface area contributed by atoms with E-state index >= 15 is 0 Å². The second-order valence-electron chi connectivity index (χ2n) is 6.70. The molecule has 1 aliphatic carbocycles. The zero-order valence-electron chi connectivity index (χ0n) is 13.1. The van der Waals surface area contributed by atoms with Gasteiger partial charge in [-0.1, -0.05) is 41.3 Å². The van der Waals surface area contributed by atoms with Crippen LogP contribution in [0.3, 0.4) is 0 Å². The van der Waals surface area contributed by atoms with Crippen LogP contribution < -0.4 is 0 Å². The molecule has 1 atom stereocenters. The van der Waals surface area contributed by atoms with E-state index in [-0.39, 0.29) is 4.75 Å². The van der Waals surface area contributed by atoms with Gasteiger partial charge >= 0.3 is 0 Å². The van der Waals surface area contributed by atoms with Crippen molar-refractivity contribution in [3.8, 4) is 0 Å². The van der Waals surface area contributed by atoms with Crippen LogP contribution in [-0.2, 0) is 11.0 Å². The van der Waals surface area contributed by atoms with Gasteiger partial charge in [0.2, 0.25) is 0 Å². The number of rotatable bonds is 3. The maximum absolute atomic E-state index is 12.1. The molecule has 0 aliphatic heterocycles. The van der Waals surface area contributed by atoms with Gasteiger partial charge in [0, 0.05) is 10.7 Å². The minimum atomic E-state index is -1.20. The lowest BCUT2D eigenvalue weighted by molar-refractivity contribution is 0.443. The lowest BCUT2D eigenvalue weighted by Gasteiger charge is -2.23. The van der Waals surface area contributed by atoms with Gasteiger partial charge in [-0.25, -0.2) is 4.21 Å². The molecule has 0 spiro atoms. The topological polar surface area (TPSA) is 29.4 Å². The lowest BCUT2D eigenvalue weighted by atomic mass is 9.82. The highest BCUT2D eigenvalue weighted by Gasteiger charge is 2.20. The van der Waals surface area contributed by atoms with Crippen molar-refractivity contribution in [2.75, 3.05) is 0 Å². The molecule has 0 unspecified atom stereocenters. The Morgan fingerprint density at radius 1 is 1.24 bits per heavy atom. The summed E-state index contributed by atoms with van der Waals surface area (Å²) in [6.45, 7) is 5.84. The van der Waals surface area contributed by atoms with Crippen molar-refractivity contribution in [2.24, 2.45) is 4.40 Å². The van der Waals surface area contributed by atoms with E-state index in [2.05, 4.69) is 38.5 Å². The van der Waals surface area contributed by atoms with Crippen LogP contribution in [0.1, 0.15) is 69.9 Å². The molecule has 0 saturated heterocycles. The fourth-order valence-corrected chi connectivity index (χ4v) is 3.61. The highest BCUT2D eigenvalue weighted by Crippen LogP contribution is 2.35. The van der Waals surface area contributed by atoms with Crippen LogP contribution in [0.2, 0.25) is 0 Å². The third kappa shape index (κ3) is 4.75. The Labute approximate surface area is 139 Å². The van der Waals surface area contributed by atoms with E-state index in [1.807, 2.05) is 20.8 Å². The largest absolute Gasteiger partial charge is 0.234 e. The average Bonchev–Trinajstić information content (AvgIpc) is 2.44. The molecule has 116 valence electrons. The quantitative estimate of drug-likeness (QED) is 0.657. The standard InChI is InChI=1S/C17H24BrNOS/c1-17(2,3)21(20)19-12-14-11-15(18)9-10-16(14)13-7-5-4-6-8-13/h9-13H,4-8H2,1-3H3/t21-/m0/s1. The fourth-order valence-electron chi connectivity index (χ4n) is 2.71. The summed E-state index contributed by atoms with van der Waals surface area (Å²) in [5, 5.41) is 0. The van der Waals surface area contributed by atoms with E-state index in [4.69, 9.17) is 0 Å². The smallest absolute Gasteiger partial charge is 0.144 e. The van der Waals surface area contributed by atoms with Crippen LogP contribution in [-0.4, -0.2) is 15.2 Å². The molecule has 0 amide bonds. The normalized spacial score (nSPS) is 19.0. The molecule has 4 heteroatoms. The van der Waals surface area contributed by atoms with E-state index in [9.17, 15) is 4.21 Å². The maximum atomic E-state index is 12.1. The molecule has 0 radical (unpaired) electrons. The van der Waals surface area contributed by atoms with Crippen LogP contribution in [0.4, 0.5) is 0 Å². The summed E-state index contributed by atoms with van der Waals surface area (Å²) >= 11 is 3.53. The van der Waals surface area contributed by atoms with E-state index in [0.29, 0.717) is 5.92 Å². The zero-order valence-corrected chi connectivity index (χ0v) is 15.5. The average molecular weight is 370 g/mol. The van der Waals surface area contributed by atoms with Crippen molar-refractivity contribution in [3.05, 3.63) is 33.8 Å². The van der Waals surface area contributed by atoms with Crippen LogP contribution in [0, 0.1) is 0 Å². The van der Waals surface area contributed by atoms with Crippen LogP contribution in [0.15, 0.2) is 27.1 Å². The van der Waals surface area contributed by atoms with Gasteiger partial charge in [0.15, 0.2) is 0 Å². The van der Waals surface area contributed by atoms with Crippen LogP contribution >= 0.6 is 15.9 Å². The first kappa shape index (κ1) is 16.9. The maximum Gasteiger partial charge on any atom is 0.144 e. The van der Waals surface area contributed by atoms with Gasteiger partial charge in [-0.05, 0) is 62.8 Å². The van der Waals surface area contributed by atoms with Crippen molar-refractivity contribution in [2.45, 2.75) is 63.5 Å². The van der Waals surface area contributed by atoms with Crippen LogP contribution in [0.5, 0.6) is 0 Å². The van der Waals surface area contributed by atoms with Gasteiger partial charge in [0.25, 0.3) is 0 Å². The zero-order chi connectivity index (χ0) is 15.5. The SMILES string of the molecule is CC(C)(C)[S@](=O)N=Cc1cc(Br)ccc1C1CCCCC1. The summed E-state index contributed by atoms with van der Waals surface area (Å²) < 4.78 is 17.1. The first-order chi connectivity index (χ1) is 9.88. The monoisotopic (exact) mass is 369 g/mol. The highest BCUT2D eigenvalue weighted by molar-refractivity contribution is 9.10. The molecule has 0 heterocycles.